The highest BCUT2D eigenvalue weighted by atomic mass is 32.2. The van der Waals surface area contributed by atoms with Gasteiger partial charge >= 0.3 is 0 Å². The topological polar surface area (TPSA) is 87.7 Å². The molecule has 0 saturated carbocycles. The molecule has 7 nitrogen and oxygen atoms in total. The second-order valence-corrected chi connectivity index (χ2v) is 9.17. The van der Waals surface area contributed by atoms with Crippen molar-refractivity contribution in [1.29, 1.82) is 0 Å². The van der Waals surface area contributed by atoms with Gasteiger partial charge in [-0.2, -0.15) is 0 Å². The van der Waals surface area contributed by atoms with E-state index >= 15 is 0 Å². The maximum Gasteiger partial charge on any atom is 0.269 e. The van der Waals surface area contributed by atoms with Crippen molar-refractivity contribution in [3.05, 3.63) is 90.0 Å². The molecule has 2 N–H and O–H groups in total. The Balaban J connectivity index is 1.91. The second kappa shape index (κ2) is 10.3. The fraction of sp³-hybridized carbons (Fsp3) is 0.208. The lowest BCUT2D eigenvalue weighted by molar-refractivity contribution is 0.0948. The van der Waals surface area contributed by atoms with E-state index in [0.29, 0.717) is 6.54 Å². The molecule has 0 fully saturated rings. The van der Waals surface area contributed by atoms with Crippen LogP contribution in [0.2, 0.25) is 0 Å². The van der Waals surface area contributed by atoms with Gasteiger partial charge in [-0.05, 0) is 49.7 Å². The lowest BCUT2D eigenvalue weighted by Gasteiger charge is -2.26. The molecule has 168 valence electrons. The van der Waals surface area contributed by atoms with E-state index in [9.17, 15) is 13.2 Å². The first kappa shape index (κ1) is 23.3. The number of methoxy groups -OCH3 is 1. The van der Waals surface area contributed by atoms with Crippen molar-refractivity contribution in [3.8, 4) is 5.75 Å². The fourth-order valence-electron chi connectivity index (χ4n) is 3.16. The van der Waals surface area contributed by atoms with Crippen molar-refractivity contribution >= 4 is 21.6 Å². The Morgan fingerprint density at radius 1 is 0.969 bits per heavy atom. The summed E-state index contributed by atoms with van der Waals surface area (Å²) in [6.07, 6.45) is 0. The van der Waals surface area contributed by atoms with Crippen LogP contribution in [0, 0.1) is 0 Å². The first-order chi connectivity index (χ1) is 15.3. The fourth-order valence-corrected chi connectivity index (χ4v) is 4.60. The van der Waals surface area contributed by atoms with E-state index < -0.39 is 15.9 Å². The van der Waals surface area contributed by atoms with Crippen LogP contribution in [0.4, 0.5) is 5.69 Å². The summed E-state index contributed by atoms with van der Waals surface area (Å²) in [6.45, 7) is 3.89. The van der Waals surface area contributed by atoms with Gasteiger partial charge in [0.05, 0.1) is 19.3 Å². The number of rotatable bonds is 9. The average Bonchev–Trinajstić information content (AvgIpc) is 2.78. The Hall–Kier alpha value is -3.36. The van der Waals surface area contributed by atoms with Crippen LogP contribution in [0.5, 0.6) is 5.75 Å². The van der Waals surface area contributed by atoms with Gasteiger partial charge in [0.2, 0.25) is 10.0 Å². The molecule has 8 heteroatoms. The van der Waals surface area contributed by atoms with E-state index in [1.165, 1.54) is 25.3 Å². The quantitative estimate of drug-likeness (QED) is 0.482. The number of hydrazine groups is 1. The number of carbonyl (C=O) groups is 1. The van der Waals surface area contributed by atoms with E-state index in [1.54, 1.807) is 18.9 Å². The lowest BCUT2D eigenvalue weighted by Crippen LogP contribution is -2.42. The van der Waals surface area contributed by atoms with E-state index in [-0.39, 0.29) is 22.3 Å². The number of hydrogen-bond donors (Lipinski definition) is 2. The standard InChI is InChI=1S/C24H27N3O4S/c1-18(2)26-32(29,30)23-16-20(14-15-22(23)31-3)24(28)25-27(21-12-8-5-9-13-21)17-19-10-6-4-7-11-19/h4-16,18,26H,17H2,1-3H3,(H,25,28). The summed E-state index contributed by atoms with van der Waals surface area (Å²) in [4.78, 5) is 13.0. The molecule has 32 heavy (non-hydrogen) atoms. The number of nitrogens with one attached hydrogen (secondary N) is 2. The zero-order valence-corrected chi connectivity index (χ0v) is 19.1. The van der Waals surface area contributed by atoms with Crippen LogP contribution < -0.4 is 19.9 Å². The summed E-state index contributed by atoms with van der Waals surface area (Å²) in [5, 5.41) is 1.72. The highest BCUT2D eigenvalue weighted by Crippen LogP contribution is 2.25. The number of sulfonamides is 1. The van der Waals surface area contributed by atoms with E-state index in [2.05, 4.69) is 10.1 Å². The molecule has 0 aliphatic carbocycles. The Morgan fingerprint density at radius 3 is 2.19 bits per heavy atom. The minimum absolute atomic E-state index is 0.0873. The normalized spacial score (nSPS) is 11.2. The number of benzene rings is 3. The van der Waals surface area contributed by atoms with Gasteiger partial charge in [0.15, 0.2) is 0 Å². The number of amides is 1. The van der Waals surface area contributed by atoms with Crippen molar-refractivity contribution in [3.63, 3.8) is 0 Å². The molecule has 0 atom stereocenters. The maximum atomic E-state index is 13.1. The van der Waals surface area contributed by atoms with Crippen LogP contribution in [0.25, 0.3) is 0 Å². The first-order valence-corrected chi connectivity index (χ1v) is 11.7. The predicted octanol–water partition coefficient (Wildman–Crippen LogP) is 3.73. The Bertz CT molecular complexity index is 1150. The first-order valence-electron chi connectivity index (χ1n) is 10.2. The SMILES string of the molecule is COc1ccc(C(=O)NN(Cc2ccccc2)c2ccccc2)cc1S(=O)(=O)NC(C)C. The van der Waals surface area contributed by atoms with Gasteiger partial charge in [-0.25, -0.2) is 13.1 Å². The Labute approximate surface area is 189 Å². The number of nitrogens with zero attached hydrogens (tertiary/aromatic N) is 1. The monoisotopic (exact) mass is 453 g/mol. The zero-order chi connectivity index (χ0) is 23.1. The van der Waals surface area contributed by atoms with Gasteiger partial charge in [-0.15, -0.1) is 0 Å². The molecule has 0 radical (unpaired) electrons. The van der Waals surface area contributed by atoms with Gasteiger partial charge in [-0.1, -0.05) is 48.5 Å². The van der Waals surface area contributed by atoms with Crippen molar-refractivity contribution < 1.29 is 17.9 Å². The van der Waals surface area contributed by atoms with E-state index in [4.69, 9.17) is 4.74 Å². The molecule has 3 aromatic rings. The van der Waals surface area contributed by atoms with Crippen LogP contribution in [-0.4, -0.2) is 27.5 Å². The average molecular weight is 454 g/mol. The highest BCUT2D eigenvalue weighted by Gasteiger charge is 2.23. The molecule has 0 aliphatic heterocycles. The molecule has 0 aliphatic rings. The largest absolute Gasteiger partial charge is 0.495 e. The van der Waals surface area contributed by atoms with Crippen molar-refractivity contribution in [2.75, 3.05) is 12.1 Å². The molecule has 0 aromatic heterocycles. The molecule has 3 rings (SSSR count). The number of hydrogen-bond acceptors (Lipinski definition) is 5. The van der Waals surface area contributed by atoms with Crippen LogP contribution in [0.1, 0.15) is 29.8 Å². The highest BCUT2D eigenvalue weighted by molar-refractivity contribution is 7.89. The summed E-state index contributed by atoms with van der Waals surface area (Å²) in [5.74, 6) is -0.271. The molecule has 0 heterocycles. The third-order valence-electron chi connectivity index (χ3n) is 4.59. The molecule has 3 aromatic carbocycles. The summed E-state index contributed by atoms with van der Waals surface area (Å²) in [6, 6.07) is 23.2. The molecular formula is C24H27N3O4S. The van der Waals surface area contributed by atoms with Crippen molar-refractivity contribution in [2.24, 2.45) is 0 Å². The second-order valence-electron chi connectivity index (χ2n) is 7.49. The molecular weight excluding hydrogens is 426 g/mol. The third-order valence-corrected chi connectivity index (χ3v) is 6.27. The summed E-state index contributed by atoms with van der Waals surface area (Å²) in [7, 11) is -2.47. The molecule has 0 spiro atoms. The van der Waals surface area contributed by atoms with Gasteiger partial charge in [0.1, 0.15) is 10.6 Å². The minimum Gasteiger partial charge on any atom is -0.495 e. The lowest BCUT2D eigenvalue weighted by atomic mass is 10.2. The molecule has 0 bridgehead atoms. The third kappa shape index (κ3) is 5.87. The minimum atomic E-state index is -3.86. The zero-order valence-electron chi connectivity index (χ0n) is 18.3. The van der Waals surface area contributed by atoms with Crippen LogP contribution in [0.3, 0.4) is 0 Å². The van der Waals surface area contributed by atoms with Crippen LogP contribution in [0.15, 0.2) is 83.8 Å². The van der Waals surface area contributed by atoms with Gasteiger partial charge < -0.3 is 4.74 Å². The van der Waals surface area contributed by atoms with Crippen molar-refractivity contribution in [2.45, 2.75) is 31.3 Å². The van der Waals surface area contributed by atoms with Crippen LogP contribution in [-0.2, 0) is 16.6 Å². The number of carbonyl (C=O) groups excluding carboxylic acids is 1. The number of anilines is 1. The molecule has 0 unspecified atom stereocenters. The van der Waals surface area contributed by atoms with Crippen LogP contribution >= 0.6 is 0 Å². The van der Waals surface area contributed by atoms with E-state index in [0.717, 1.165) is 11.3 Å². The predicted molar refractivity (Wildman–Crippen MR) is 125 cm³/mol. The van der Waals surface area contributed by atoms with E-state index in [1.807, 2.05) is 60.7 Å². The number of ether oxygens (including phenoxy) is 1. The summed E-state index contributed by atoms with van der Waals surface area (Å²) in [5.41, 5.74) is 4.90. The molecule has 0 saturated heterocycles. The maximum absolute atomic E-state index is 13.1. The van der Waals surface area contributed by atoms with Gasteiger partial charge in [0.25, 0.3) is 5.91 Å². The summed E-state index contributed by atoms with van der Waals surface area (Å²) < 4.78 is 33.2. The van der Waals surface area contributed by atoms with Gasteiger partial charge in [-0.3, -0.25) is 15.2 Å². The summed E-state index contributed by atoms with van der Waals surface area (Å²) >= 11 is 0. The smallest absolute Gasteiger partial charge is 0.269 e. The Morgan fingerprint density at radius 2 is 1.59 bits per heavy atom. The van der Waals surface area contributed by atoms with Gasteiger partial charge in [0, 0.05) is 11.6 Å². The number of para-hydroxylation sites is 1. The molecule has 1 amide bonds. The van der Waals surface area contributed by atoms with Crippen molar-refractivity contribution in [1.82, 2.24) is 10.1 Å². The Kier molecular flexibility index (Phi) is 7.50.